The lowest BCUT2D eigenvalue weighted by atomic mass is 9.99. The van der Waals surface area contributed by atoms with Crippen molar-refractivity contribution in [3.8, 4) is 0 Å². The third-order valence-electron chi connectivity index (χ3n) is 19.8. The van der Waals surface area contributed by atoms with Crippen LogP contribution in [0, 0.1) is 0 Å². The van der Waals surface area contributed by atoms with E-state index < -0.39 is 49.5 Å². The third kappa shape index (κ3) is 61.0. The minimum absolute atomic E-state index is 0.168. The fourth-order valence-corrected chi connectivity index (χ4v) is 13.5. The second kappa shape index (κ2) is 73.6. The van der Waals surface area contributed by atoms with Crippen LogP contribution in [-0.4, -0.2) is 87.5 Å². The van der Waals surface area contributed by atoms with E-state index in [1.54, 1.807) is 6.08 Å². The molecule has 1 aliphatic heterocycles. The highest BCUT2D eigenvalue weighted by Crippen LogP contribution is 2.24. The summed E-state index contributed by atoms with van der Waals surface area (Å²) in [6.07, 6.45) is 96.7. The molecule has 0 aromatic heterocycles. The van der Waals surface area contributed by atoms with E-state index in [4.69, 9.17) is 9.47 Å². The Bertz CT molecular complexity index is 1680. The van der Waals surface area contributed by atoms with Gasteiger partial charge in [-0.15, -0.1) is 0 Å². The van der Waals surface area contributed by atoms with Crippen molar-refractivity contribution < 1.29 is 39.8 Å². The van der Waals surface area contributed by atoms with Crippen LogP contribution in [0.2, 0.25) is 0 Å². The highest BCUT2D eigenvalue weighted by Gasteiger charge is 2.44. The molecule has 0 aromatic rings. The molecule has 94 heavy (non-hydrogen) atoms. The van der Waals surface area contributed by atoms with Crippen molar-refractivity contribution in [1.29, 1.82) is 0 Å². The average Bonchev–Trinajstić information content (AvgIpc) is 0.829. The molecule has 7 unspecified atom stereocenters. The summed E-state index contributed by atoms with van der Waals surface area (Å²) in [6.45, 7) is 3.73. The van der Waals surface area contributed by atoms with Crippen LogP contribution in [0.5, 0.6) is 0 Å². The number of allylic oxidation sites excluding steroid dienone is 9. The largest absolute Gasteiger partial charge is 0.394 e. The quantitative estimate of drug-likeness (QED) is 0.0261. The third-order valence-corrected chi connectivity index (χ3v) is 19.8. The van der Waals surface area contributed by atoms with Gasteiger partial charge in [0.2, 0.25) is 5.91 Å². The van der Waals surface area contributed by atoms with E-state index in [0.717, 1.165) is 64.2 Å². The first kappa shape index (κ1) is 89.9. The van der Waals surface area contributed by atoms with Gasteiger partial charge in [-0.05, 0) is 57.8 Å². The molecule has 7 atom stereocenters. The number of nitrogens with one attached hydrogen (secondary N) is 1. The molecule has 0 saturated carbocycles. The van der Waals surface area contributed by atoms with E-state index in [9.17, 15) is 30.3 Å². The zero-order valence-corrected chi connectivity index (χ0v) is 62.2. The Kier molecular flexibility index (Phi) is 70.4. The molecule has 0 aromatic carbocycles. The smallest absolute Gasteiger partial charge is 0.220 e. The topological polar surface area (TPSA) is 149 Å². The highest BCUT2D eigenvalue weighted by atomic mass is 16.7. The molecule has 6 N–H and O–H groups in total. The maximum Gasteiger partial charge on any atom is 0.220 e. The zero-order valence-electron chi connectivity index (χ0n) is 62.2. The first-order valence-electron chi connectivity index (χ1n) is 41.5. The predicted octanol–water partition coefficient (Wildman–Crippen LogP) is 24.0. The van der Waals surface area contributed by atoms with Crippen LogP contribution in [0.1, 0.15) is 418 Å². The van der Waals surface area contributed by atoms with Crippen LogP contribution in [0.15, 0.2) is 60.8 Å². The summed E-state index contributed by atoms with van der Waals surface area (Å²) in [4.78, 5) is 13.2. The van der Waals surface area contributed by atoms with Crippen LogP contribution in [0.3, 0.4) is 0 Å². The standard InChI is InChI=1S/C85H159NO8/c1-3-5-7-9-11-13-15-17-19-21-23-25-27-29-31-33-35-37-38-39-40-41-42-43-45-47-49-51-53-55-57-59-61-63-65-67-69-71-73-75-81(89)86-78(77-93-85-84(92)83(91)82(90)80(76-87)94-85)79(88)74-72-70-68-66-64-62-60-58-56-54-52-50-48-46-44-36-34-32-30-28-26-24-22-20-18-16-14-12-10-8-6-4-2/h5,7,11,13,17,19,23,25,72,74,78-80,82-85,87-88,90-92H,3-4,6,8-10,12,14-16,18,20-22,24,26-71,73,75-77H2,1-2H3,(H,86,89)/b7-5-,13-11-,19-17-,25-23-,74-72+. The molecule has 0 aliphatic carbocycles. The molecule has 1 fully saturated rings. The summed E-state index contributed by atoms with van der Waals surface area (Å²) in [7, 11) is 0. The molecule has 9 heteroatoms. The van der Waals surface area contributed by atoms with E-state index in [0.29, 0.717) is 6.42 Å². The lowest BCUT2D eigenvalue weighted by molar-refractivity contribution is -0.302. The van der Waals surface area contributed by atoms with Crippen molar-refractivity contribution in [2.45, 2.75) is 461 Å². The van der Waals surface area contributed by atoms with Crippen LogP contribution in [0.25, 0.3) is 0 Å². The number of rotatable bonds is 74. The number of hydrogen-bond acceptors (Lipinski definition) is 8. The molecule has 0 radical (unpaired) electrons. The second-order valence-electron chi connectivity index (χ2n) is 28.9. The van der Waals surface area contributed by atoms with Crippen LogP contribution < -0.4 is 5.32 Å². The first-order valence-corrected chi connectivity index (χ1v) is 41.5. The minimum Gasteiger partial charge on any atom is -0.394 e. The zero-order chi connectivity index (χ0) is 67.8. The van der Waals surface area contributed by atoms with Crippen LogP contribution >= 0.6 is 0 Å². The normalized spacial score (nSPS) is 17.8. The molecule has 1 rings (SSSR count). The van der Waals surface area contributed by atoms with Crippen molar-refractivity contribution in [1.82, 2.24) is 5.32 Å². The van der Waals surface area contributed by atoms with Gasteiger partial charge in [-0.1, -0.05) is 415 Å². The van der Waals surface area contributed by atoms with E-state index in [-0.39, 0.29) is 12.5 Å². The molecule has 1 aliphatic rings. The molecule has 1 saturated heterocycles. The van der Waals surface area contributed by atoms with E-state index in [1.165, 1.54) is 334 Å². The van der Waals surface area contributed by atoms with Gasteiger partial charge in [0.25, 0.3) is 0 Å². The van der Waals surface area contributed by atoms with Gasteiger partial charge in [0.15, 0.2) is 6.29 Å². The fourth-order valence-electron chi connectivity index (χ4n) is 13.5. The maximum atomic E-state index is 13.2. The molecule has 9 nitrogen and oxygen atoms in total. The summed E-state index contributed by atoms with van der Waals surface area (Å²) in [6, 6.07) is -0.806. The molecule has 1 amide bonds. The Labute approximate surface area is 583 Å². The number of aliphatic hydroxyl groups excluding tert-OH is 5. The van der Waals surface area contributed by atoms with Crippen molar-refractivity contribution >= 4 is 5.91 Å². The number of ether oxygens (including phenoxy) is 2. The highest BCUT2D eigenvalue weighted by molar-refractivity contribution is 5.76. The summed E-state index contributed by atoms with van der Waals surface area (Å²) in [5.74, 6) is -0.168. The lowest BCUT2D eigenvalue weighted by Crippen LogP contribution is -2.60. The van der Waals surface area contributed by atoms with Gasteiger partial charge in [0.05, 0.1) is 25.4 Å². The maximum absolute atomic E-state index is 13.2. The van der Waals surface area contributed by atoms with E-state index >= 15 is 0 Å². The van der Waals surface area contributed by atoms with E-state index in [2.05, 4.69) is 67.8 Å². The SMILES string of the molecule is CC/C=C\C/C=C\C/C=C\C/C=C\CCCCCCCCCCCCCCCCCCCCCCCCCCCCC(=O)NC(COC1OC(CO)C(O)C(O)C1O)C(O)/C=C/CCCCCCCCCCCCCCCCCCCCCCCCCCCCCCCC. The Morgan fingerprint density at radius 3 is 0.979 bits per heavy atom. The number of unbranched alkanes of at least 4 members (excludes halogenated alkanes) is 56. The van der Waals surface area contributed by atoms with E-state index in [1.807, 2.05) is 6.08 Å². The van der Waals surface area contributed by atoms with Crippen molar-refractivity contribution in [2.24, 2.45) is 0 Å². The van der Waals surface area contributed by atoms with Gasteiger partial charge < -0.3 is 40.3 Å². The van der Waals surface area contributed by atoms with Gasteiger partial charge in [-0.25, -0.2) is 0 Å². The van der Waals surface area contributed by atoms with Crippen LogP contribution in [0.4, 0.5) is 0 Å². The molecular formula is C85H159NO8. The molecule has 552 valence electrons. The second-order valence-corrected chi connectivity index (χ2v) is 28.9. The van der Waals surface area contributed by atoms with Gasteiger partial charge in [-0.2, -0.15) is 0 Å². The summed E-state index contributed by atoms with van der Waals surface area (Å²) >= 11 is 0. The summed E-state index contributed by atoms with van der Waals surface area (Å²) in [5.41, 5.74) is 0. The number of amides is 1. The van der Waals surface area contributed by atoms with Gasteiger partial charge >= 0.3 is 0 Å². The Morgan fingerprint density at radius 2 is 0.660 bits per heavy atom. The fraction of sp³-hybridized carbons (Fsp3) is 0.871. The van der Waals surface area contributed by atoms with Gasteiger partial charge in [0.1, 0.15) is 24.4 Å². The number of carbonyl (C=O) groups excluding carboxylic acids is 1. The summed E-state index contributed by atoms with van der Waals surface area (Å²) < 4.78 is 11.4. The Balaban J connectivity index is 2.04. The predicted molar refractivity (Wildman–Crippen MR) is 406 cm³/mol. The van der Waals surface area contributed by atoms with Crippen LogP contribution in [-0.2, 0) is 14.3 Å². The van der Waals surface area contributed by atoms with Crippen molar-refractivity contribution in [3.63, 3.8) is 0 Å². The first-order chi connectivity index (χ1) is 46.3. The number of aliphatic hydroxyl groups is 5. The lowest BCUT2D eigenvalue weighted by Gasteiger charge is -2.40. The molecule has 0 bridgehead atoms. The molecular weight excluding hydrogens is 1160 g/mol. The van der Waals surface area contributed by atoms with Crippen molar-refractivity contribution in [2.75, 3.05) is 13.2 Å². The average molecular weight is 1320 g/mol. The molecule has 1 heterocycles. The van der Waals surface area contributed by atoms with Gasteiger partial charge in [0, 0.05) is 6.42 Å². The summed E-state index contributed by atoms with van der Waals surface area (Å²) in [5, 5.41) is 55.0. The number of carbonyl (C=O) groups is 1. The minimum atomic E-state index is -1.57. The Hall–Kier alpha value is -2.11. The van der Waals surface area contributed by atoms with Gasteiger partial charge in [-0.3, -0.25) is 4.79 Å². The number of hydrogen-bond donors (Lipinski definition) is 6. The molecule has 0 spiro atoms. The monoisotopic (exact) mass is 1320 g/mol. The Morgan fingerprint density at radius 1 is 0.372 bits per heavy atom. The van der Waals surface area contributed by atoms with Crippen molar-refractivity contribution in [3.05, 3.63) is 60.8 Å².